The van der Waals surface area contributed by atoms with Gasteiger partial charge in [0.25, 0.3) is 0 Å². The zero-order chi connectivity index (χ0) is 21.3. The monoisotopic (exact) mass is 403 g/mol. The molecule has 0 saturated carbocycles. The van der Waals surface area contributed by atoms with Crippen LogP contribution in [0.25, 0.3) is 11.0 Å². The van der Waals surface area contributed by atoms with Gasteiger partial charge in [0.1, 0.15) is 23.6 Å². The summed E-state index contributed by atoms with van der Waals surface area (Å²) < 4.78 is 1.70. The van der Waals surface area contributed by atoms with Crippen LogP contribution in [0.5, 0.6) is 0 Å². The number of anilines is 3. The van der Waals surface area contributed by atoms with Gasteiger partial charge >= 0.3 is 0 Å². The summed E-state index contributed by atoms with van der Waals surface area (Å²) in [6.07, 6.45) is 3.60. The largest absolute Gasteiger partial charge is 0.346 e. The second-order valence-electron chi connectivity index (χ2n) is 8.30. The fourth-order valence-corrected chi connectivity index (χ4v) is 3.19. The van der Waals surface area contributed by atoms with E-state index in [9.17, 15) is 4.79 Å². The van der Waals surface area contributed by atoms with Gasteiger partial charge in [-0.2, -0.15) is 5.10 Å². The molecule has 1 amide bonds. The Morgan fingerprint density at radius 2 is 2.00 bits per heavy atom. The number of benzene rings is 1. The molecular weight excluding hydrogens is 378 g/mol. The van der Waals surface area contributed by atoms with Crippen LogP contribution < -0.4 is 10.6 Å². The molecule has 0 bridgehead atoms. The number of carbonyl (C=O) groups is 1. The van der Waals surface area contributed by atoms with E-state index in [0.717, 1.165) is 28.0 Å². The third kappa shape index (κ3) is 4.17. The number of aryl methyl sites for hydroxylation is 1. The maximum atomic E-state index is 12.6. The molecule has 0 saturated heterocycles. The van der Waals surface area contributed by atoms with E-state index in [4.69, 9.17) is 0 Å². The Bertz CT molecular complexity index is 1200. The number of aromatic amines is 1. The first-order valence-corrected chi connectivity index (χ1v) is 9.78. The van der Waals surface area contributed by atoms with E-state index in [-0.39, 0.29) is 17.7 Å². The van der Waals surface area contributed by atoms with Crippen molar-refractivity contribution >= 4 is 34.3 Å². The van der Waals surface area contributed by atoms with Gasteiger partial charge in [-0.05, 0) is 23.8 Å². The van der Waals surface area contributed by atoms with Gasteiger partial charge in [-0.1, -0.05) is 32.9 Å². The highest BCUT2D eigenvalue weighted by molar-refractivity contribution is 5.92. The van der Waals surface area contributed by atoms with Gasteiger partial charge in [-0.15, -0.1) is 0 Å². The lowest BCUT2D eigenvalue weighted by Crippen LogP contribution is -2.16. The van der Waals surface area contributed by atoms with E-state index >= 15 is 0 Å². The zero-order valence-electron chi connectivity index (χ0n) is 17.5. The molecule has 3 aromatic heterocycles. The molecule has 4 rings (SSSR count). The van der Waals surface area contributed by atoms with E-state index in [1.807, 2.05) is 49.6 Å². The van der Waals surface area contributed by atoms with E-state index in [1.54, 1.807) is 4.68 Å². The van der Waals surface area contributed by atoms with Gasteiger partial charge in [0.05, 0.1) is 17.5 Å². The Kier molecular flexibility index (Phi) is 4.99. The average Bonchev–Trinajstić information content (AvgIpc) is 3.29. The molecule has 0 fully saturated rings. The Labute approximate surface area is 174 Å². The molecule has 0 atom stereocenters. The Hall–Kier alpha value is -3.68. The highest BCUT2D eigenvalue weighted by atomic mass is 16.1. The number of fused-ring (bicyclic) bond motifs is 1. The molecule has 0 spiro atoms. The lowest BCUT2D eigenvalue weighted by atomic mass is 9.92. The molecule has 0 aliphatic rings. The predicted molar refractivity (Wildman–Crippen MR) is 118 cm³/mol. The van der Waals surface area contributed by atoms with Gasteiger partial charge in [0.2, 0.25) is 5.91 Å². The third-order valence-electron chi connectivity index (χ3n) is 4.82. The molecule has 4 aromatic rings. The quantitative estimate of drug-likeness (QED) is 0.469. The second-order valence-corrected chi connectivity index (χ2v) is 8.30. The molecule has 0 aliphatic carbocycles. The Morgan fingerprint density at radius 1 is 1.17 bits per heavy atom. The van der Waals surface area contributed by atoms with Crippen molar-refractivity contribution in [1.29, 1.82) is 0 Å². The standard InChI is InChI=1S/C22H25N7O/c1-22(2,3)17-12-18(29(4)28-17)27-19(30)11-14-6-5-7-15(10-14)26-21-16-8-9-23-20(16)24-13-25-21/h5-10,12-13H,11H2,1-4H3,(H,27,30)(H2,23,24,25,26). The molecule has 30 heavy (non-hydrogen) atoms. The number of hydrogen-bond acceptors (Lipinski definition) is 5. The van der Waals surface area contributed by atoms with E-state index in [0.29, 0.717) is 11.6 Å². The maximum absolute atomic E-state index is 12.6. The number of carbonyl (C=O) groups excluding carboxylic acids is 1. The number of nitrogens with zero attached hydrogens (tertiary/aromatic N) is 4. The molecule has 3 heterocycles. The summed E-state index contributed by atoms with van der Waals surface area (Å²) in [7, 11) is 1.83. The van der Waals surface area contributed by atoms with Crippen molar-refractivity contribution in [2.24, 2.45) is 7.05 Å². The summed E-state index contributed by atoms with van der Waals surface area (Å²) in [4.78, 5) is 24.2. The van der Waals surface area contributed by atoms with Crippen LogP contribution in [-0.4, -0.2) is 30.6 Å². The number of amides is 1. The van der Waals surface area contributed by atoms with Gasteiger partial charge < -0.3 is 15.6 Å². The molecule has 3 N–H and O–H groups in total. The minimum atomic E-state index is -0.0920. The molecule has 8 nitrogen and oxygen atoms in total. The van der Waals surface area contributed by atoms with E-state index in [2.05, 4.69) is 51.5 Å². The summed E-state index contributed by atoms with van der Waals surface area (Å²) in [6.45, 7) is 6.29. The van der Waals surface area contributed by atoms with Crippen molar-refractivity contribution in [2.75, 3.05) is 10.6 Å². The van der Waals surface area contributed by atoms with Crippen LogP contribution in [0.3, 0.4) is 0 Å². The lowest BCUT2D eigenvalue weighted by Gasteiger charge is -2.13. The maximum Gasteiger partial charge on any atom is 0.229 e. The summed E-state index contributed by atoms with van der Waals surface area (Å²) in [5.41, 5.74) is 3.39. The fraction of sp³-hybridized carbons (Fsp3) is 0.273. The summed E-state index contributed by atoms with van der Waals surface area (Å²) in [5.74, 6) is 1.31. The van der Waals surface area contributed by atoms with Crippen molar-refractivity contribution in [1.82, 2.24) is 24.7 Å². The summed E-state index contributed by atoms with van der Waals surface area (Å²) >= 11 is 0. The van der Waals surface area contributed by atoms with E-state index in [1.165, 1.54) is 6.33 Å². The fourth-order valence-electron chi connectivity index (χ4n) is 3.19. The molecular formula is C22H25N7O. The van der Waals surface area contributed by atoms with Crippen LogP contribution in [0.2, 0.25) is 0 Å². The van der Waals surface area contributed by atoms with Crippen molar-refractivity contribution in [3.8, 4) is 0 Å². The minimum Gasteiger partial charge on any atom is -0.346 e. The third-order valence-corrected chi connectivity index (χ3v) is 4.82. The van der Waals surface area contributed by atoms with Crippen LogP contribution in [0.15, 0.2) is 48.9 Å². The van der Waals surface area contributed by atoms with Gasteiger partial charge in [-0.25, -0.2) is 9.97 Å². The molecule has 0 aliphatic heterocycles. The van der Waals surface area contributed by atoms with Crippen molar-refractivity contribution in [3.05, 3.63) is 60.2 Å². The number of nitrogens with one attached hydrogen (secondary N) is 3. The van der Waals surface area contributed by atoms with Gasteiger partial charge in [-0.3, -0.25) is 9.48 Å². The topological polar surface area (TPSA) is 101 Å². The van der Waals surface area contributed by atoms with Crippen molar-refractivity contribution in [3.63, 3.8) is 0 Å². The zero-order valence-corrected chi connectivity index (χ0v) is 17.5. The van der Waals surface area contributed by atoms with Crippen molar-refractivity contribution < 1.29 is 4.79 Å². The first-order valence-electron chi connectivity index (χ1n) is 9.78. The predicted octanol–water partition coefficient (Wildman–Crippen LogP) is 3.91. The number of H-pyrrole nitrogens is 1. The van der Waals surface area contributed by atoms with Crippen LogP contribution in [0.4, 0.5) is 17.3 Å². The van der Waals surface area contributed by atoms with Gasteiger partial charge in [0, 0.05) is 30.4 Å². The van der Waals surface area contributed by atoms with Crippen LogP contribution in [0.1, 0.15) is 32.0 Å². The van der Waals surface area contributed by atoms with E-state index < -0.39 is 0 Å². The highest BCUT2D eigenvalue weighted by Gasteiger charge is 2.19. The molecule has 154 valence electrons. The molecule has 1 aromatic carbocycles. The van der Waals surface area contributed by atoms with Crippen LogP contribution in [0, 0.1) is 0 Å². The smallest absolute Gasteiger partial charge is 0.229 e. The minimum absolute atomic E-state index is 0.0768. The average molecular weight is 403 g/mol. The Morgan fingerprint density at radius 3 is 2.77 bits per heavy atom. The summed E-state index contributed by atoms with van der Waals surface area (Å²) in [5, 5.41) is 11.7. The van der Waals surface area contributed by atoms with Crippen LogP contribution in [-0.2, 0) is 23.7 Å². The highest BCUT2D eigenvalue weighted by Crippen LogP contribution is 2.24. The van der Waals surface area contributed by atoms with Gasteiger partial charge in [0.15, 0.2) is 0 Å². The number of aromatic nitrogens is 5. The molecule has 0 unspecified atom stereocenters. The number of rotatable bonds is 5. The molecule has 8 heteroatoms. The normalized spacial score (nSPS) is 11.6. The number of hydrogen-bond donors (Lipinski definition) is 3. The molecule has 0 radical (unpaired) electrons. The summed E-state index contributed by atoms with van der Waals surface area (Å²) in [6, 6.07) is 11.6. The SMILES string of the molecule is Cn1nc(C(C)(C)C)cc1NC(=O)Cc1cccc(Nc2ncnc3[nH]ccc23)c1. The first kappa shape index (κ1) is 19.6. The lowest BCUT2D eigenvalue weighted by molar-refractivity contribution is -0.115. The second kappa shape index (κ2) is 7.62. The van der Waals surface area contributed by atoms with Crippen molar-refractivity contribution in [2.45, 2.75) is 32.6 Å². The first-order chi connectivity index (χ1) is 14.3. The Balaban J connectivity index is 1.46. The van der Waals surface area contributed by atoms with Crippen LogP contribution >= 0.6 is 0 Å².